The van der Waals surface area contributed by atoms with Crippen molar-refractivity contribution in [3.05, 3.63) is 23.0 Å². The molecule has 4 heteroatoms. The van der Waals surface area contributed by atoms with Crippen LogP contribution in [0.1, 0.15) is 38.8 Å². The predicted octanol–water partition coefficient (Wildman–Crippen LogP) is 3.57. The topological polar surface area (TPSA) is 42.3 Å². The van der Waals surface area contributed by atoms with Crippen LogP contribution in [-0.2, 0) is 6.42 Å². The quantitative estimate of drug-likeness (QED) is 0.787. The Morgan fingerprint density at radius 3 is 2.28 bits per heavy atom. The van der Waals surface area contributed by atoms with Gasteiger partial charge in [0.2, 0.25) is 0 Å². The minimum absolute atomic E-state index is 0.109. The van der Waals surface area contributed by atoms with E-state index >= 15 is 0 Å². The van der Waals surface area contributed by atoms with Crippen molar-refractivity contribution in [2.75, 3.05) is 13.2 Å². The summed E-state index contributed by atoms with van der Waals surface area (Å²) in [6.45, 7) is 7.95. The van der Waals surface area contributed by atoms with Crippen LogP contribution in [0.5, 0.6) is 11.5 Å². The Labute approximate surface area is 107 Å². The van der Waals surface area contributed by atoms with E-state index in [1.165, 1.54) is 0 Å². The molecule has 0 radical (unpaired) electrons. The van der Waals surface area contributed by atoms with E-state index in [9.17, 15) is 4.39 Å². The van der Waals surface area contributed by atoms with Gasteiger partial charge in [0.25, 0.3) is 0 Å². The molecule has 0 amide bonds. The van der Waals surface area contributed by atoms with Gasteiger partial charge < -0.3 is 14.9 Å². The minimum atomic E-state index is -0.493. The van der Waals surface area contributed by atoms with Crippen molar-refractivity contribution in [1.29, 1.82) is 5.41 Å². The van der Waals surface area contributed by atoms with Gasteiger partial charge >= 0.3 is 0 Å². The van der Waals surface area contributed by atoms with Gasteiger partial charge in [-0.15, -0.1) is 0 Å². The molecule has 0 saturated heterocycles. The van der Waals surface area contributed by atoms with Gasteiger partial charge in [-0.3, -0.25) is 0 Å². The molecule has 0 saturated carbocycles. The summed E-state index contributed by atoms with van der Waals surface area (Å²) in [4.78, 5) is 0. The van der Waals surface area contributed by atoms with Crippen molar-refractivity contribution >= 4 is 5.71 Å². The summed E-state index contributed by atoms with van der Waals surface area (Å²) in [7, 11) is 0. The molecule has 0 spiro atoms. The highest BCUT2D eigenvalue weighted by molar-refractivity contribution is 5.98. The van der Waals surface area contributed by atoms with Crippen LogP contribution >= 0.6 is 0 Å². The van der Waals surface area contributed by atoms with Crippen molar-refractivity contribution < 1.29 is 13.9 Å². The van der Waals surface area contributed by atoms with Crippen molar-refractivity contribution in [2.45, 2.75) is 34.1 Å². The maximum Gasteiger partial charge on any atom is 0.197 e. The van der Waals surface area contributed by atoms with E-state index in [-0.39, 0.29) is 11.5 Å². The number of hydrogen-bond acceptors (Lipinski definition) is 3. The molecule has 0 aromatic heterocycles. The third-order valence-electron chi connectivity index (χ3n) is 2.61. The van der Waals surface area contributed by atoms with Crippen LogP contribution in [0.2, 0.25) is 0 Å². The number of benzene rings is 1. The molecule has 0 bridgehead atoms. The van der Waals surface area contributed by atoms with Crippen molar-refractivity contribution in [3.8, 4) is 11.5 Å². The first-order chi connectivity index (χ1) is 8.56. The van der Waals surface area contributed by atoms with Gasteiger partial charge in [0.15, 0.2) is 17.3 Å². The zero-order valence-corrected chi connectivity index (χ0v) is 11.4. The fourth-order valence-corrected chi connectivity index (χ4v) is 1.88. The number of nitrogens with one attached hydrogen (secondary N) is 1. The molecular formula is C14H20FNO2. The zero-order chi connectivity index (χ0) is 13.7. The highest BCUT2D eigenvalue weighted by Crippen LogP contribution is 2.35. The average molecular weight is 253 g/mol. The second-order valence-corrected chi connectivity index (χ2v) is 3.90. The Bertz CT molecular complexity index is 444. The second-order valence-electron chi connectivity index (χ2n) is 3.90. The van der Waals surface area contributed by atoms with E-state index in [1.54, 1.807) is 19.9 Å². The molecule has 18 heavy (non-hydrogen) atoms. The van der Waals surface area contributed by atoms with Crippen LogP contribution in [0.3, 0.4) is 0 Å². The molecule has 1 aromatic rings. The monoisotopic (exact) mass is 253 g/mol. The van der Waals surface area contributed by atoms with Gasteiger partial charge in [-0.05, 0) is 38.8 Å². The molecule has 0 aliphatic rings. The second kappa shape index (κ2) is 6.38. The summed E-state index contributed by atoms with van der Waals surface area (Å²) in [6, 6.07) is 1.77. The number of rotatable bonds is 6. The third-order valence-corrected chi connectivity index (χ3v) is 2.61. The lowest BCUT2D eigenvalue weighted by Gasteiger charge is -2.17. The summed E-state index contributed by atoms with van der Waals surface area (Å²) < 4.78 is 25.1. The smallest absolute Gasteiger partial charge is 0.197 e. The third kappa shape index (κ3) is 2.81. The molecule has 0 aliphatic carbocycles. The summed E-state index contributed by atoms with van der Waals surface area (Å²) >= 11 is 0. The lowest BCUT2D eigenvalue weighted by atomic mass is 10.00. The molecule has 1 aromatic carbocycles. The molecule has 3 nitrogen and oxygen atoms in total. The Morgan fingerprint density at radius 1 is 1.22 bits per heavy atom. The van der Waals surface area contributed by atoms with E-state index < -0.39 is 5.82 Å². The zero-order valence-electron chi connectivity index (χ0n) is 11.4. The first-order valence-electron chi connectivity index (χ1n) is 6.23. The lowest BCUT2D eigenvalue weighted by molar-refractivity contribution is 0.275. The summed E-state index contributed by atoms with van der Waals surface area (Å²) in [5.41, 5.74) is 1.30. The fourth-order valence-electron chi connectivity index (χ4n) is 1.88. The summed E-state index contributed by atoms with van der Waals surface area (Å²) in [5, 5.41) is 7.69. The number of aryl methyl sites for hydroxylation is 1. The van der Waals surface area contributed by atoms with Crippen LogP contribution in [-0.4, -0.2) is 18.9 Å². The van der Waals surface area contributed by atoms with Gasteiger partial charge in [0.05, 0.1) is 13.2 Å². The van der Waals surface area contributed by atoms with Crippen LogP contribution in [0.15, 0.2) is 6.07 Å². The number of hydrogen-bond donors (Lipinski definition) is 1. The Kier molecular flexibility index (Phi) is 5.13. The van der Waals surface area contributed by atoms with E-state index in [2.05, 4.69) is 0 Å². The SMILES string of the molecule is CCOc1cc(CC)c(C(C)=N)c(F)c1OCC. The maximum absolute atomic E-state index is 14.4. The molecule has 1 N–H and O–H groups in total. The average Bonchev–Trinajstić information content (AvgIpc) is 2.32. The molecule has 0 unspecified atom stereocenters. The highest BCUT2D eigenvalue weighted by atomic mass is 19.1. The maximum atomic E-state index is 14.4. The largest absolute Gasteiger partial charge is 0.490 e. The fraction of sp³-hybridized carbons (Fsp3) is 0.500. The molecule has 1 rings (SSSR count). The summed E-state index contributed by atoms with van der Waals surface area (Å²) in [5.74, 6) is 0.0315. The van der Waals surface area contributed by atoms with Gasteiger partial charge in [-0.25, -0.2) is 4.39 Å². The first kappa shape index (κ1) is 14.5. The lowest BCUT2D eigenvalue weighted by Crippen LogP contribution is -2.09. The van der Waals surface area contributed by atoms with Gasteiger partial charge in [-0.2, -0.15) is 0 Å². The van der Waals surface area contributed by atoms with Crippen molar-refractivity contribution in [1.82, 2.24) is 0 Å². The first-order valence-corrected chi connectivity index (χ1v) is 6.23. The molecular weight excluding hydrogens is 233 g/mol. The van der Waals surface area contributed by atoms with Crippen LogP contribution in [0.4, 0.5) is 4.39 Å². The Hall–Kier alpha value is -1.58. The van der Waals surface area contributed by atoms with Crippen LogP contribution < -0.4 is 9.47 Å². The van der Waals surface area contributed by atoms with E-state index in [0.29, 0.717) is 30.9 Å². The van der Waals surface area contributed by atoms with Crippen molar-refractivity contribution in [2.24, 2.45) is 0 Å². The molecule has 0 heterocycles. The number of ether oxygens (including phenoxy) is 2. The molecule has 0 aliphatic heterocycles. The normalized spacial score (nSPS) is 10.3. The standard InChI is InChI=1S/C14H20FNO2/c1-5-10-8-11(17-6-2)14(18-7-3)13(15)12(10)9(4)16/h8,16H,5-7H2,1-4H3. The highest BCUT2D eigenvalue weighted by Gasteiger charge is 2.20. The predicted molar refractivity (Wildman–Crippen MR) is 70.6 cm³/mol. The Morgan fingerprint density at radius 2 is 1.83 bits per heavy atom. The Balaban J connectivity index is 3.46. The van der Waals surface area contributed by atoms with Gasteiger partial charge in [-0.1, -0.05) is 6.92 Å². The number of halogens is 1. The van der Waals surface area contributed by atoms with Crippen LogP contribution in [0.25, 0.3) is 0 Å². The van der Waals surface area contributed by atoms with Crippen LogP contribution in [0, 0.1) is 11.2 Å². The summed E-state index contributed by atoms with van der Waals surface area (Å²) in [6.07, 6.45) is 0.648. The van der Waals surface area contributed by atoms with E-state index in [1.807, 2.05) is 13.8 Å². The molecule has 0 fully saturated rings. The molecule has 100 valence electrons. The van der Waals surface area contributed by atoms with E-state index in [0.717, 1.165) is 5.56 Å². The van der Waals surface area contributed by atoms with Gasteiger partial charge in [0, 0.05) is 11.3 Å². The van der Waals surface area contributed by atoms with Gasteiger partial charge in [0.1, 0.15) is 0 Å². The van der Waals surface area contributed by atoms with E-state index in [4.69, 9.17) is 14.9 Å². The minimum Gasteiger partial charge on any atom is -0.490 e. The van der Waals surface area contributed by atoms with Crippen molar-refractivity contribution in [3.63, 3.8) is 0 Å². The molecule has 0 atom stereocenters.